The predicted molar refractivity (Wildman–Crippen MR) is 77.9 cm³/mol. The van der Waals surface area contributed by atoms with Crippen LogP contribution in [0.1, 0.15) is 12.5 Å². The highest BCUT2D eigenvalue weighted by Gasteiger charge is 2.15. The monoisotopic (exact) mass is 359 g/mol. The molecule has 0 saturated carbocycles. The molecule has 0 fully saturated rings. The molecule has 0 aliphatic rings. The van der Waals surface area contributed by atoms with Gasteiger partial charge in [-0.15, -0.1) is 0 Å². The van der Waals surface area contributed by atoms with E-state index in [-0.39, 0.29) is 6.54 Å². The second-order valence-electron chi connectivity index (χ2n) is 4.12. The van der Waals surface area contributed by atoms with Crippen LogP contribution in [-0.2, 0) is 20.9 Å². The van der Waals surface area contributed by atoms with Gasteiger partial charge in [0.05, 0.1) is 17.7 Å². The lowest BCUT2D eigenvalue weighted by Gasteiger charge is -2.19. The number of nitrogens with zero attached hydrogens (tertiary/aromatic N) is 1. The fourth-order valence-electron chi connectivity index (χ4n) is 1.58. The van der Waals surface area contributed by atoms with E-state index < -0.39 is 23.5 Å². The lowest BCUT2D eigenvalue weighted by atomic mass is 10.2. The fourth-order valence-corrected chi connectivity index (χ4v) is 2.00. The molecule has 0 heterocycles. The Labute approximate surface area is 130 Å². The number of methoxy groups -OCH3 is 1. The molecule has 21 heavy (non-hydrogen) atoms. The number of esters is 1. The zero-order valence-electron chi connectivity index (χ0n) is 11.6. The molecule has 0 bridgehead atoms. The number of aliphatic hydroxyl groups is 1. The maximum absolute atomic E-state index is 13.2. The largest absolute Gasteiger partial charge is 0.502 e. The van der Waals surface area contributed by atoms with Crippen LogP contribution in [0.25, 0.3) is 0 Å². The fraction of sp³-hybridized carbons (Fsp3) is 0.286. The zero-order valence-corrected chi connectivity index (χ0v) is 13.2. The first kappa shape index (κ1) is 17.2. The van der Waals surface area contributed by atoms with Gasteiger partial charge in [-0.25, -0.2) is 9.18 Å². The van der Waals surface area contributed by atoms with Crippen LogP contribution in [0, 0.1) is 5.82 Å². The molecule has 0 saturated heterocycles. The van der Waals surface area contributed by atoms with E-state index in [1.165, 1.54) is 11.0 Å². The van der Waals surface area contributed by atoms with Crippen LogP contribution < -0.4 is 0 Å². The third-order valence-electron chi connectivity index (χ3n) is 2.71. The highest BCUT2D eigenvalue weighted by atomic mass is 79.9. The Hall–Kier alpha value is -1.89. The summed E-state index contributed by atoms with van der Waals surface area (Å²) in [7, 11) is 1.10. The minimum Gasteiger partial charge on any atom is -0.502 e. The number of carbonyl (C=O) groups is 2. The summed E-state index contributed by atoms with van der Waals surface area (Å²) < 4.78 is 17.8. The van der Waals surface area contributed by atoms with E-state index in [4.69, 9.17) is 0 Å². The number of amides is 1. The first-order valence-corrected chi connectivity index (χ1v) is 6.90. The Kier molecular flexibility index (Phi) is 6.36. The van der Waals surface area contributed by atoms with Gasteiger partial charge >= 0.3 is 5.97 Å². The van der Waals surface area contributed by atoms with Gasteiger partial charge in [0, 0.05) is 13.1 Å². The third kappa shape index (κ3) is 4.86. The average Bonchev–Trinajstić information content (AvgIpc) is 2.47. The van der Waals surface area contributed by atoms with Crippen molar-refractivity contribution in [3.63, 3.8) is 0 Å². The SMILES string of the molecule is CCN(Cc1ccc(F)c(Br)c1)C(=O)C=C(O)C(=O)OC. The third-order valence-corrected chi connectivity index (χ3v) is 3.31. The van der Waals surface area contributed by atoms with Crippen LogP contribution in [0.4, 0.5) is 4.39 Å². The number of likely N-dealkylation sites (N-methyl/N-ethyl adjacent to an activating group) is 1. The maximum atomic E-state index is 13.2. The number of carbonyl (C=O) groups excluding carboxylic acids is 2. The number of hydrogen-bond donors (Lipinski definition) is 1. The van der Waals surface area contributed by atoms with E-state index in [1.54, 1.807) is 19.1 Å². The van der Waals surface area contributed by atoms with Crippen molar-refractivity contribution in [3.8, 4) is 0 Å². The minimum absolute atomic E-state index is 0.221. The molecule has 1 N–H and O–H groups in total. The van der Waals surface area contributed by atoms with Crippen LogP contribution in [-0.4, -0.2) is 35.5 Å². The van der Waals surface area contributed by atoms with E-state index in [0.29, 0.717) is 16.6 Å². The van der Waals surface area contributed by atoms with Crippen LogP contribution in [0.15, 0.2) is 34.5 Å². The smallest absolute Gasteiger partial charge is 0.373 e. The molecule has 5 nitrogen and oxygen atoms in total. The zero-order chi connectivity index (χ0) is 16.0. The molecule has 0 atom stereocenters. The van der Waals surface area contributed by atoms with Gasteiger partial charge in [0.15, 0.2) is 0 Å². The van der Waals surface area contributed by atoms with E-state index in [1.807, 2.05) is 0 Å². The number of aliphatic hydroxyl groups excluding tert-OH is 1. The molecule has 0 spiro atoms. The topological polar surface area (TPSA) is 66.8 Å². The van der Waals surface area contributed by atoms with Gasteiger partial charge in [0.2, 0.25) is 5.76 Å². The van der Waals surface area contributed by atoms with Crippen LogP contribution in [0.2, 0.25) is 0 Å². The van der Waals surface area contributed by atoms with Gasteiger partial charge in [-0.05, 0) is 40.5 Å². The summed E-state index contributed by atoms with van der Waals surface area (Å²) in [4.78, 5) is 24.4. The lowest BCUT2D eigenvalue weighted by Crippen LogP contribution is -2.29. The Balaban J connectivity index is 2.85. The predicted octanol–water partition coefficient (Wildman–Crippen LogP) is 2.55. The van der Waals surface area contributed by atoms with Gasteiger partial charge in [-0.3, -0.25) is 4.79 Å². The number of rotatable bonds is 5. The number of benzene rings is 1. The first-order valence-electron chi connectivity index (χ1n) is 6.10. The summed E-state index contributed by atoms with van der Waals surface area (Å²) in [5.41, 5.74) is 0.712. The second-order valence-corrected chi connectivity index (χ2v) is 4.98. The molecule has 0 radical (unpaired) electrons. The molecular formula is C14H15BrFNO4. The van der Waals surface area contributed by atoms with Crippen molar-refractivity contribution >= 4 is 27.8 Å². The Morgan fingerprint density at radius 1 is 1.48 bits per heavy atom. The molecule has 1 aromatic carbocycles. The van der Waals surface area contributed by atoms with Crippen molar-refractivity contribution in [2.45, 2.75) is 13.5 Å². The standard InChI is InChI=1S/C14H15BrFNO4/c1-3-17(13(19)7-12(18)14(20)21-2)8-9-4-5-11(16)10(15)6-9/h4-7,18H,3,8H2,1-2H3. The summed E-state index contributed by atoms with van der Waals surface area (Å²) in [5.74, 6) is -2.68. The minimum atomic E-state index is -0.982. The van der Waals surface area contributed by atoms with Crippen LogP contribution >= 0.6 is 15.9 Å². The van der Waals surface area contributed by atoms with E-state index >= 15 is 0 Å². The summed E-state index contributed by atoms with van der Waals surface area (Å²) >= 11 is 3.07. The second kappa shape index (κ2) is 7.78. The summed E-state index contributed by atoms with van der Waals surface area (Å²) in [5, 5.41) is 9.36. The Morgan fingerprint density at radius 2 is 2.14 bits per heavy atom. The molecule has 1 rings (SSSR count). The molecular weight excluding hydrogens is 345 g/mol. The Morgan fingerprint density at radius 3 is 2.67 bits per heavy atom. The van der Waals surface area contributed by atoms with Crippen LogP contribution in [0.3, 0.4) is 0 Å². The average molecular weight is 360 g/mol. The molecule has 1 aromatic rings. The number of ether oxygens (including phenoxy) is 1. The highest BCUT2D eigenvalue weighted by molar-refractivity contribution is 9.10. The quantitative estimate of drug-likeness (QED) is 0.498. The summed E-state index contributed by atoms with van der Waals surface area (Å²) in [6.45, 7) is 2.33. The molecule has 114 valence electrons. The van der Waals surface area contributed by atoms with Gasteiger partial charge in [-0.2, -0.15) is 0 Å². The molecule has 7 heteroatoms. The highest BCUT2D eigenvalue weighted by Crippen LogP contribution is 2.18. The van der Waals surface area contributed by atoms with Gasteiger partial charge in [-0.1, -0.05) is 6.07 Å². The normalized spacial score (nSPS) is 11.1. The Bertz CT molecular complexity index is 574. The van der Waals surface area contributed by atoms with Crippen molar-refractivity contribution in [1.29, 1.82) is 0 Å². The summed E-state index contributed by atoms with van der Waals surface area (Å²) in [6, 6.07) is 4.41. The van der Waals surface area contributed by atoms with Gasteiger partial charge < -0.3 is 14.7 Å². The van der Waals surface area contributed by atoms with Crippen LogP contribution in [0.5, 0.6) is 0 Å². The van der Waals surface area contributed by atoms with Crippen molar-refractivity contribution in [1.82, 2.24) is 4.90 Å². The number of hydrogen-bond acceptors (Lipinski definition) is 4. The number of halogens is 2. The first-order chi connectivity index (χ1) is 9.88. The van der Waals surface area contributed by atoms with E-state index in [2.05, 4.69) is 20.7 Å². The van der Waals surface area contributed by atoms with Crippen molar-refractivity contribution < 1.29 is 23.8 Å². The van der Waals surface area contributed by atoms with Gasteiger partial charge in [0.1, 0.15) is 5.82 Å². The van der Waals surface area contributed by atoms with Crippen molar-refractivity contribution in [2.24, 2.45) is 0 Å². The molecule has 0 unspecified atom stereocenters. The maximum Gasteiger partial charge on any atom is 0.373 e. The molecule has 0 aliphatic heterocycles. The molecule has 0 aliphatic carbocycles. The van der Waals surface area contributed by atoms with Crippen molar-refractivity contribution in [2.75, 3.05) is 13.7 Å². The molecule has 1 amide bonds. The summed E-state index contributed by atoms with van der Waals surface area (Å²) in [6.07, 6.45) is 0.800. The molecule has 0 aromatic heterocycles. The van der Waals surface area contributed by atoms with E-state index in [9.17, 15) is 19.1 Å². The van der Waals surface area contributed by atoms with Gasteiger partial charge in [0.25, 0.3) is 5.91 Å². The van der Waals surface area contributed by atoms with Crippen molar-refractivity contribution in [3.05, 3.63) is 45.9 Å². The van der Waals surface area contributed by atoms with E-state index in [0.717, 1.165) is 13.2 Å². The lowest BCUT2D eigenvalue weighted by molar-refractivity contribution is -0.139.